The Labute approximate surface area is 173 Å². The van der Waals surface area contributed by atoms with E-state index in [0.717, 1.165) is 24.3 Å². The number of fused-ring (bicyclic) bond motifs is 1. The number of carbonyl (C=O) groups excluding carboxylic acids is 1. The second-order valence-electron chi connectivity index (χ2n) is 6.63. The van der Waals surface area contributed by atoms with Crippen molar-refractivity contribution in [2.45, 2.75) is 26.0 Å². The molecular formula is C22H23NO3S2. The highest BCUT2D eigenvalue weighted by atomic mass is 32.1. The van der Waals surface area contributed by atoms with Crippen molar-refractivity contribution in [3.05, 3.63) is 73.6 Å². The molecule has 1 aliphatic rings. The predicted molar refractivity (Wildman–Crippen MR) is 114 cm³/mol. The van der Waals surface area contributed by atoms with Gasteiger partial charge < -0.3 is 14.4 Å². The Morgan fingerprint density at radius 1 is 1.21 bits per heavy atom. The number of benzene rings is 1. The number of rotatable bonds is 6. The molecule has 0 N–H and O–H groups in total. The smallest absolute Gasteiger partial charge is 0.254 e. The molecule has 0 saturated heterocycles. The first-order chi connectivity index (χ1) is 13.7. The standard InChI is InChI=1S/C22H23NO3S2/c1-3-26-14-16-13-15(6-7-18(16)25-2)22(24)23-10-8-19-17(9-12-28-19)21(23)20-5-4-11-27-20/h4-7,9,11-13,21H,3,8,10,14H2,1-2H3/t21-/m1/s1. The Bertz CT molecular complexity index is 949. The van der Waals surface area contributed by atoms with Crippen LogP contribution in [0.5, 0.6) is 5.75 Å². The zero-order valence-electron chi connectivity index (χ0n) is 16.0. The van der Waals surface area contributed by atoms with Crippen molar-refractivity contribution >= 4 is 28.6 Å². The van der Waals surface area contributed by atoms with E-state index >= 15 is 0 Å². The largest absolute Gasteiger partial charge is 0.496 e. The van der Waals surface area contributed by atoms with E-state index in [1.807, 2.05) is 30.0 Å². The molecule has 0 bridgehead atoms. The predicted octanol–water partition coefficient (Wildman–Crippen LogP) is 5.14. The summed E-state index contributed by atoms with van der Waals surface area (Å²) in [6.07, 6.45) is 0.905. The molecule has 28 heavy (non-hydrogen) atoms. The van der Waals surface area contributed by atoms with E-state index in [2.05, 4.69) is 29.0 Å². The molecule has 0 unspecified atom stereocenters. The molecule has 1 amide bonds. The van der Waals surface area contributed by atoms with Crippen LogP contribution < -0.4 is 4.74 Å². The third-order valence-corrected chi connectivity index (χ3v) is 6.95. The summed E-state index contributed by atoms with van der Waals surface area (Å²) in [6, 6.07) is 11.9. The number of hydrogen-bond donors (Lipinski definition) is 0. The molecular weight excluding hydrogens is 390 g/mol. The first-order valence-electron chi connectivity index (χ1n) is 9.38. The Morgan fingerprint density at radius 2 is 2.11 bits per heavy atom. The fourth-order valence-corrected chi connectivity index (χ4v) is 5.45. The molecule has 4 nitrogen and oxygen atoms in total. The Kier molecular flexibility index (Phi) is 5.80. The maximum Gasteiger partial charge on any atom is 0.254 e. The van der Waals surface area contributed by atoms with E-state index in [9.17, 15) is 4.79 Å². The first kappa shape index (κ1) is 19.2. The SMILES string of the molecule is CCOCc1cc(C(=O)N2CCc3sccc3[C@@H]2c2cccs2)ccc1OC. The minimum atomic E-state index is -0.0139. The molecule has 1 aromatic carbocycles. The lowest BCUT2D eigenvalue weighted by Gasteiger charge is -2.35. The van der Waals surface area contributed by atoms with Gasteiger partial charge in [0.15, 0.2) is 0 Å². The number of ether oxygens (including phenoxy) is 2. The summed E-state index contributed by atoms with van der Waals surface area (Å²) in [6.45, 7) is 3.74. The average molecular weight is 414 g/mol. The fourth-order valence-electron chi connectivity index (χ4n) is 3.69. The van der Waals surface area contributed by atoms with Gasteiger partial charge in [0.1, 0.15) is 5.75 Å². The maximum atomic E-state index is 13.5. The van der Waals surface area contributed by atoms with Gasteiger partial charge in [-0.1, -0.05) is 6.07 Å². The summed E-state index contributed by atoms with van der Waals surface area (Å²) in [7, 11) is 1.64. The van der Waals surface area contributed by atoms with Crippen molar-refractivity contribution in [2.24, 2.45) is 0 Å². The summed E-state index contributed by atoms with van der Waals surface area (Å²) >= 11 is 3.49. The van der Waals surface area contributed by atoms with Crippen molar-refractivity contribution < 1.29 is 14.3 Å². The minimum absolute atomic E-state index is 0.0139. The van der Waals surface area contributed by atoms with Crippen LogP contribution in [0.3, 0.4) is 0 Å². The monoisotopic (exact) mass is 413 g/mol. The van der Waals surface area contributed by atoms with E-state index in [1.165, 1.54) is 15.3 Å². The molecule has 0 aliphatic carbocycles. The fraction of sp³-hybridized carbons (Fsp3) is 0.318. The molecule has 146 valence electrons. The van der Waals surface area contributed by atoms with Gasteiger partial charge in [0.2, 0.25) is 0 Å². The molecule has 1 aliphatic heterocycles. The maximum absolute atomic E-state index is 13.5. The van der Waals surface area contributed by atoms with Gasteiger partial charge in [-0.3, -0.25) is 4.79 Å². The molecule has 6 heteroatoms. The first-order valence-corrected chi connectivity index (χ1v) is 11.1. The van der Waals surface area contributed by atoms with Crippen LogP contribution in [0.15, 0.2) is 47.2 Å². The van der Waals surface area contributed by atoms with Crippen LogP contribution >= 0.6 is 22.7 Å². The highest BCUT2D eigenvalue weighted by molar-refractivity contribution is 7.10. The lowest BCUT2D eigenvalue weighted by atomic mass is 9.97. The van der Waals surface area contributed by atoms with Crippen LogP contribution in [0.2, 0.25) is 0 Å². The van der Waals surface area contributed by atoms with Crippen LogP contribution in [0.4, 0.5) is 0 Å². The van der Waals surface area contributed by atoms with Crippen molar-refractivity contribution in [3.63, 3.8) is 0 Å². The minimum Gasteiger partial charge on any atom is -0.496 e. The molecule has 0 fully saturated rings. The molecule has 0 saturated carbocycles. The summed E-state index contributed by atoms with van der Waals surface area (Å²) in [5, 5.41) is 4.21. The Morgan fingerprint density at radius 3 is 2.86 bits per heavy atom. The van der Waals surface area contributed by atoms with Gasteiger partial charge >= 0.3 is 0 Å². The summed E-state index contributed by atoms with van der Waals surface area (Å²) < 4.78 is 11.0. The molecule has 4 rings (SSSR count). The number of thiophene rings is 2. The van der Waals surface area contributed by atoms with Crippen molar-refractivity contribution in [1.82, 2.24) is 4.90 Å². The van der Waals surface area contributed by atoms with Crippen LogP contribution in [-0.2, 0) is 17.8 Å². The molecule has 3 heterocycles. The third kappa shape index (κ3) is 3.60. The van der Waals surface area contributed by atoms with E-state index < -0.39 is 0 Å². The summed E-state index contributed by atoms with van der Waals surface area (Å²) in [5.41, 5.74) is 2.84. The van der Waals surface area contributed by atoms with Crippen LogP contribution in [0.25, 0.3) is 0 Å². The Balaban J connectivity index is 1.69. The zero-order valence-corrected chi connectivity index (χ0v) is 17.6. The summed E-state index contributed by atoms with van der Waals surface area (Å²) in [5.74, 6) is 0.800. The van der Waals surface area contributed by atoms with E-state index in [1.54, 1.807) is 29.8 Å². The second kappa shape index (κ2) is 8.47. The van der Waals surface area contributed by atoms with Crippen LogP contribution in [-0.4, -0.2) is 31.1 Å². The number of hydrogen-bond acceptors (Lipinski definition) is 5. The summed E-state index contributed by atoms with van der Waals surface area (Å²) in [4.78, 5) is 18.1. The number of methoxy groups -OCH3 is 1. The van der Waals surface area contributed by atoms with Crippen molar-refractivity contribution in [2.75, 3.05) is 20.3 Å². The number of nitrogens with zero attached hydrogens (tertiary/aromatic N) is 1. The van der Waals surface area contributed by atoms with Gasteiger partial charge in [-0.25, -0.2) is 0 Å². The molecule has 1 atom stereocenters. The van der Waals surface area contributed by atoms with E-state index in [-0.39, 0.29) is 11.9 Å². The van der Waals surface area contributed by atoms with Gasteiger partial charge in [-0.2, -0.15) is 0 Å². The quantitative estimate of drug-likeness (QED) is 0.561. The molecule has 0 spiro atoms. The zero-order chi connectivity index (χ0) is 19.5. The lowest BCUT2D eigenvalue weighted by Crippen LogP contribution is -2.39. The second-order valence-corrected chi connectivity index (χ2v) is 8.61. The molecule has 2 aromatic heterocycles. The van der Waals surface area contributed by atoms with Gasteiger partial charge in [0, 0.05) is 34.0 Å². The topological polar surface area (TPSA) is 38.8 Å². The van der Waals surface area contributed by atoms with E-state index in [4.69, 9.17) is 9.47 Å². The highest BCUT2D eigenvalue weighted by Gasteiger charge is 2.34. The lowest BCUT2D eigenvalue weighted by molar-refractivity contribution is 0.0698. The van der Waals surface area contributed by atoms with Gasteiger partial charge in [-0.05, 0) is 60.0 Å². The van der Waals surface area contributed by atoms with Crippen molar-refractivity contribution in [1.29, 1.82) is 0 Å². The highest BCUT2D eigenvalue weighted by Crippen LogP contribution is 2.40. The normalized spacial score (nSPS) is 16.1. The van der Waals surface area contributed by atoms with Gasteiger partial charge in [-0.15, -0.1) is 22.7 Å². The number of carbonyl (C=O) groups is 1. The average Bonchev–Trinajstić information content (AvgIpc) is 3.42. The molecule has 3 aromatic rings. The third-order valence-electron chi connectivity index (χ3n) is 5.03. The van der Waals surface area contributed by atoms with Gasteiger partial charge in [0.25, 0.3) is 5.91 Å². The Hall–Kier alpha value is -2.15. The van der Waals surface area contributed by atoms with E-state index in [0.29, 0.717) is 18.8 Å². The van der Waals surface area contributed by atoms with Crippen LogP contribution in [0.1, 0.15) is 44.2 Å². The van der Waals surface area contributed by atoms with Gasteiger partial charge in [0.05, 0.1) is 19.8 Å². The number of amides is 1. The molecule has 0 radical (unpaired) electrons. The van der Waals surface area contributed by atoms with Crippen LogP contribution in [0, 0.1) is 0 Å². The van der Waals surface area contributed by atoms with Crippen molar-refractivity contribution in [3.8, 4) is 5.75 Å².